The summed E-state index contributed by atoms with van der Waals surface area (Å²) >= 11 is 0. The molecule has 1 saturated heterocycles. The maximum absolute atomic E-state index is 11.7. The summed E-state index contributed by atoms with van der Waals surface area (Å²) in [6, 6.07) is 14.8. The molecule has 1 fully saturated rings. The zero-order valence-electron chi connectivity index (χ0n) is 18.0. The van der Waals surface area contributed by atoms with Crippen molar-refractivity contribution in [2.75, 3.05) is 20.3 Å². The predicted octanol–water partition coefficient (Wildman–Crippen LogP) is 2.11. The molecule has 10 heteroatoms. The number of aromatic amines is 1. The second-order valence-electron chi connectivity index (χ2n) is 7.60. The number of H-pyrrole nitrogens is 1. The maximum atomic E-state index is 11.7. The number of methoxy groups -OCH3 is 1. The Balaban J connectivity index is 1.28. The van der Waals surface area contributed by atoms with E-state index in [1.165, 1.54) is 10.9 Å². The molecule has 0 aliphatic carbocycles. The van der Waals surface area contributed by atoms with E-state index in [9.17, 15) is 4.79 Å². The van der Waals surface area contributed by atoms with Crippen LogP contribution in [0.5, 0.6) is 11.5 Å². The molecule has 4 aromatic rings. The standard InChI is InChI=1S/C23H23N5O5/c1-30-19-6-2-17(3-7-19)23(14-27-11-10-24-15-27)32-13-21(33-23)12-31-20-8-4-18(5-9-20)28-16-25-26-22(28)29/h2-11,15-16,21H,12-14H2,1H3,(H,26,29). The van der Waals surface area contributed by atoms with Crippen LogP contribution in [-0.4, -0.2) is 50.7 Å². The molecular weight excluding hydrogens is 426 g/mol. The molecule has 1 N–H and O–H groups in total. The molecule has 2 aromatic carbocycles. The second-order valence-corrected chi connectivity index (χ2v) is 7.60. The van der Waals surface area contributed by atoms with Crippen molar-refractivity contribution in [1.29, 1.82) is 0 Å². The van der Waals surface area contributed by atoms with Gasteiger partial charge in [-0.15, -0.1) is 0 Å². The summed E-state index contributed by atoms with van der Waals surface area (Å²) in [5.41, 5.74) is 1.28. The summed E-state index contributed by atoms with van der Waals surface area (Å²) in [5.74, 6) is 0.457. The highest BCUT2D eigenvalue weighted by Crippen LogP contribution is 2.37. The van der Waals surface area contributed by atoms with E-state index in [0.29, 0.717) is 31.2 Å². The average molecular weight is 449 g/mol. The number of hydrogen-bond donors (Lipinski definition) is 1. The van der Waals surface area contributed by atoms with Gasteiger partial charge in [0.15, 0.2) is 0 Å². The largest absolute Gasteiger partial charge is 0.497 e. The van der Waals surface area contributed by atoms with Crippen molar-refractivity contribution in [2.24, 2.45) is 0 Å². The lowest BCUT2D eigenvalue weighted by Gasteiger charge is -2.29. The molecule has 2 atom stereocenters. The van der Waals surface area contributed by atoms with Crippen molar-refractivity contribution in [3.63, 3.8) is 0 Å². The highest BCUT2D eigenvalue weighted by Gasteiger charge is 2.44. The van der Waals surface area contributed by atoms with E-state index in [1.807, 2.05) is 35.0 Å². The van der Waals surface area contributed by atoms with Crippen molar-refractivity contribution in [3.8, 4) is 17.2 Å². The summed E-state index contributed by atoms with van der Waals surface area (Å²) in [5, 5.41) is 6.11. The minimum absolute atomic E-state index is 0.271. The normalized spacial score (nSPS) is 20.1. The van der Waals surface area contributed by atoms with Gasteiger partial charge in [0, 0.05) is 18.0 Å². The van der Waals surface area contributed by atoms with Gasteiger partial charge in [-0.3, -0.25) is 0 Å². The Bertz CT molecular complexity index is 1230. The van der Waals surface area contributed by atoms with E-state index < -0.39 is 5.79 Å². The van der Waals surface area contributed by atoms with Crippen LogP contribution in [0.2, 0.25) is 0 Å². The number of nitrogens with zero attached hydrogens (tertiary/aromatic N) is 4. The van der Waals surface area contributed by atoms with Gasteiger partial charge < -0.3 is 23.5 Å². The molecule has 1 aliphatic rings. The smallest absolute Gasteiger partial charge is 0.347 e. The van der Waals surface area contributed by atoms with Crippen LogP contribution in [-0.2, 0) is 21.8 Å². The first-order chi connectivity index (χ1) is 16.1. The van der Waals surface area contributed by atoms with Crippen LogP contribution < -0.4 is 15.2 Å². The third kappa shape index (κ3) is 4.38. The molecule has 170 valence electrons. The van der Waals surface area contributed by atoms with Gasteiger partial charge in [-0.25, -0.2) is 19.4 Å². The number of nitrogens with one attached hydrogen (secondary N) is 1. The Hall–Kier alpha value is -3.89. The Labute approximate surface area is 189 Å². The maximum Gasteiger partial charge on any atom is 0.347 e. The predicted molar refractivity (Wildman–Crippen MR) is 117 cm³/mol. The zero-order chi connectivity index (χ0) is 22.7. The quantitative estimate of drug-likeness (QED) is 0.439. The van der Waals surface area contributed by atoms with Gasteiger partial charge in [-0.2, -0.15) is 5.10 Å². The monoisotopic (exact) mass is 449 g/mol. The van der Waals surface area contributed by atoms with E-state index in [2.05, 4.69) is 15.2 Å². The van der Waals surface area contributed by atoms with Crippen molar-refractivity contribution < 1.29 is 18.9 Å². The molecule has 2 unspecified atom stereocenters. The van der Waals surface area contributed by atoms with Crippen LogP contribution in [0.25, 0.3) is 5.69 Å². The van der Waals surface area contributed by atoms with E-state index in [0.717, 1.165) is 11.3 Å². The van der Waals surface area contributed by atoms with Crippen molar-refractivity contribution >= 4 is 0 Å². The Morgan fingerprint density at radius 3 is 2.58 bits per heavy atom. The van der Waals surface area contributed by atoms with E-state index in [-0.39, 0.29) is 11.8 Å². The molecule has 10 nitrogen and oxygen atoms in total. The van der Waals surface area contributed by atoms with Gasteiger partial charge >= 0.3 is 5.69 Å². The molecule has 1 aliphatic heterocycles. The van der Waals surface area contributed by atoms with E-state index >= 15 is 0 Å². The molecule has 5 rings (SSSR count). The molecule has 3 heterocycles. The average Bonchev–Trinajstić information content (AvgIpc) is 3.61. The lowest BCUT2D eigenvalue weighted by atomic mass is 10.1. The second kappa shape index (κ2) is 8.93. The third-order valence-electron chi connectivity index (χ3n) is 5.44. The fourth-order valence-corrected chi connectivity index (χ4v) is 3.76. The van der Waals surface area contributed by atoms with Crippen LogP contribution in [0.1, 0.15) is 5.56 Å². The molecule has 33 heavy (non-hydrogen) atoms. The minimum atomic E-state index is -0.965. The lowest BCUT2D eigenvalue weighted by Crippen LogP contribution is -2.34. The minimum Gasteiger partial charge on any atom is -0.497 e. The number of hydrogen-bond acceptors (Lipinski definition) is 7. The summed E-state index contributed by atoms with van der Waals surface area (Å²) in [6.45, 7) is 1.14. The highest BCUT2D eigenvalue weighted by atomic mass is 16.8. The molecule has 0 saturated carbocycles. The summed E-state index contributed by atoms with van der Waals surface area (Å²) in [4.78, 5) is 15.8. The first kappa shape index (κ1) is 21.0. The first-order valence-corrected chi connectivity index (χ1v) is 10.4. The number of ether oxygens (including phenoxy) is 4. The lowest BCUT2D eigenvalue weighted by molar-refractivity contribution is -0.189. The summed E-state index contributed by atoms with van der Waals surface area (Å²) in [6.07, 6.45) is 6.48. The van der Waals surface area contributed by atoms with Gasteiger partial charge in [0.1, 0.15) is 30.5 Å². The van der Waals surface area contributed by atoms with Crippen LogP contribution in [0, 0.1) is 0 Å². The summed E-state index contributed by atoms with van der Waals surface area (Å²) < 4.78 is 27.2. The molecule has 0 bridgehead atoms. The van der Waals surface area contributed by atoms with Crippen LogP contribution >= 0.6 is 0 Å². The molecule has 0 spiro atoms. The van der Waals surface area contributed by atoms with Gasteiger partial charge in [0.25, 0.3) is 0 Å². The van der Waals surface area contributed by atoms with Gasteiger partial charge in [-0.05, 0) is 48.5 Å². The zero-order valence-corrected chi connectivity index (χ0v) is 18.0. The van der Waals surface area contributed by atoms with Crippen LogP contribution in [0.3, 0.4) is 0 Å². The van der Waals surface area contributed by atoms with Gasteiger partial charge in [-0.1, -0.05) is 0 Å². The molecular formula is C23H23N5O5. The number of benzene rings is 2. The Kier molecular flexibility index (Phi) is 5.68. The summed E-state index contributed by atoms with van der Waals surface area (Å²) in [7, 11) is 1.63. The number of imidazole rings is 1. The Morgan fingerprint density at radius 1 is 1.12 bits per heavy atom. The first-order valence-electron chi connectivity index (χ1n) is 10.4. The fraction of sp³-hybridized carbons (Fsp3) is 0.261. The highest BCUT2D eigenvalue weighted by molar-refractivity contribution is 5.37. The topological polar surface area (TPSA) is 105 Å². The number of aromatic nitrogens is 5. The molecule has 0 radical (unpaired) electrons. The fourth-order valence-electron chi connectivity index (χ4n) is 3.76. The van der Waals surface area contributed by atoms with Gasteiger partial charge in [0.05, 0.1) is 32.3 Å². The van der Waals surface area contributed by atoms with E-state index in [4.69, 9.17) is 18.9 Å². The number of rotatable bonds is 8. The van der Waals surface area contributed by atoms with Crippen molar-refractivity contribution in [2.45, 2.75) is 18.4 Å². The third-order valence-corrected chi connectivity index (χ3v) is 5.44. The van der Waals surface area contributed by atoms with Crippen LogP contribution in [0.15, 0.2) is 78.4 Å². The van der Waals surface area contributed by atoms with Crippen molar-refractivity contribution in [1.82, 2.24) is 24.3 Å². The molecule has 2 aromatic heterocycles. The molecule has 0 amide bonds. The van der Waals surface area contributed by atoms with Crippen molar-refractivity contribution in [3.05, 3.63) is 89.6 Å². The van der Waals surface area contributed by atoms with E-state index in [1.54, 1.807) is 43.9 Å². The van der Waals surface area contributed by atoms with Crippen LogP contribution in [0.4, 0.5) is 0 Å². The van der Waals surface area contributed by atoms with Gasteiger partial charge in [0.2, 0.25) is 5.79 Å². The SMILES string of the molecule is COc1ccc(C2(Cn3ccnc3)OCC(COc3ccc(-n4cn[nH]c4=O)cc3)O2)cc1. The Morgan fingerprint density at radius 2 is 1.91 bits per heavy atom.